The Kier molecular flexibility index (Phi) is 5.14. The number of aromatic nitrogens is 3. The molecule has 1 amide bonds. The number of rotatable bonds is 3. The molecular formula is C21H25N5O2. The van der Waals surface area contributed by atoms with Crippen LogP contribution in [0.15, 0.2) is 30.4 Å². The smallest absolute Gasteiger partial charge is 0.253 e. The van der Waals surface area contributed by atoms with Gasteiger partial charge >= 0.3 is 0 Å². The summed E-state index contributed by atoms with van der Waals surface area (Å²) in [5.41, 5.74) is 2.05. The predicted octanol–water partition coefficient (Wildman–Crippen LogP) is 3.00. The molecule has 2 aromatic rings. The molecule has 0 N–H and O–H groups in total. The molecule has 0 bridgehead atoms. The largest absolute Gasteiger partial charge is 0.381 e. The third-order valence-electron chi connectivity index (χ3n) is 5.99. The number of hydrogen-bond donors (Lipinski definition) is 0. The number of allylic oxidation sites excluding steroid dienone is 1. The molecule has 146 valence electrons. The number of piperidine rings is 1. The maximum Gasteiger partial charge on any atom is 0.253 e. The number of nitriles is 1. The van der Waals surface area contributed by atoms with Gasteiger partial charge in [-0.05, 0) is 38.2 Å². The van der Waals surface area contributed by atoms with E-state index in [4.69, 9.17) is 4.74 Å². The molecule has 0 saturated carbocycles. The summed E-state index contributed by atoms with van der Waals surface area (Å²) in [4.78, 5) is 24.1. The van der Waals surface area contributed by atoms with Crippen LogP contribution in [0.4, 0.5) is 0 Å². The van der Waals surface area contributed by atoms with E-state index in [1.54, 1.807) is 23.3 Å². The van der Waals surface area contributed by atoms with Crippen LogP contribution >= 0.6 is 0 Å². The third kappa shape index (κ3) is 3.29. The van der Waals surface area contributed by atoms with Crippen LogP contribution in [-0.2, 0) is 9.53 Å². The van der Waals surface area contributed by atoms with Crippen molar-refractivity contribution in [3.05, 3.63) is 30.4 Å². The van der Waals surface area contributed by atoms with Gasteiger partial charge in [0.2, 0.25) is 0 Å². The van der Waals surface area contributed by atoms with Gasteiger partial charge in [0.25, 0.3) is 5.91 Å². The second kappa shape index (κ2) is 7.72. The zero-order valence-corrected chi connectivity index (χ0v) is 16.2. The fourth-order valence-electron chi connectivity index (χ4n) is 4.24. The Morgan fingerprint density at radius 2 is 2.00 bits per heavy atom. The summed E-state index contributed by atoms with van der Waals surface area (Å²) in [5.74, 6) is -0.0171. The Balaban J connectivity index is 1.89. The molecule has 4 heterocycles. The lowest BCUT2D eigenvalue weighted by atomic mass is 9.74. The molecule has 28 heavy (non-hydrogen) atoms. The van der Waals surface area contributed by atoms with E-state index in [1.165, 1.54) is 0 Å². The van der Waals surface area contributed by atoms with Crippen LogP contribution in [0, 0.1) is 16.7 Å². The van der Waals surface area contributed by atoms with Crippen LogP contribution in [0.2, 0.25) is 0 Å². The number of likely N-dealkylation sites (tertiary alicyclic amines) is 1. The minimum absolute atomic E-state index is 0.0171. The molecule has 2 fully saturated rings. The van der Waals surface area contributed by atoms with Crippen LogP contribution in [0.5, 0.6) is 0 Å². The van der Waals surface area contributed by atoms with Crippen molar-refractivity contribution in [3.63, 3.8) is 0 Å². The third-order valence-corrected chi connectivity index (χ3v) is 5.99. The van der Waals surface area contributed by atoms with E-state index in [0.29, 0.717) is 30.0 Å². The quantitative estimate of drug-likeness (QED) is 0.605. The fraction of sp³-hybridized carbons (Fsp3) is 0.524. The average Bonchev–Trinajstić information content (AvgIpc) is 3.16. The van der Waals surface area contributed by atoms with Gasteiger partial charge in [0, 0.05) is 37.9 Å². The molecule has 0 radical (unpaired) electrons. The fourth-order valence-corrected chi connectivity index (χ4v) is 4.24. The molecule has 4 rings (SSSR count). The van der Waals surface area contributed by atoms with E-state index in [1.807, 2.05) is 11.0 Å². The number of hydrogen-bond acceptors (Lipinski definition) is 5. The summed E-state index contributed by atoms with van der Waals surface area (Å²) < 4.78 is 7.30. The zero-order chi connectivity index (χ0) is 19.6. The van der Waals surface area contributed by atoms with Crippen LogP contribution in [0.25, 0.3) is 16.7 Å². The normalized spacial score (nSPS) is 20.5. The first-order valence-electron chi connectivity index (χ1n) is 9.93. The molecular weight excluding hydrogens is 354 g/mol. The van der Waals surface area contributed by atoms with Gasteiger partial charge in [0.05, 0.1) is 17.3 Å². The Morgan fingerprint density at radius 1 is 1.25 bits per heavy atom. The number of amides is 1. The molecule has 2 saturated heterocycles. The molecule has 7 heteroatoms. The van der Waals surface area contributed by atoms with Crippen LogP contribution in [0.1, 0.15) is 39.0 Å². The van der Waals surface area contributed by atoms with Gasteiger partial charge in [0.1, 0.15) is 23.6 Å². The van der Waals surface area contributed by atoms with Gasteiger partial charge in [-0.2, -0.15) is 5.26 Å². The Morgan fingerprint density at radius 3 is 2.71 bits per heavy atom. The summed E-state index contributed by atoms with van der Waals surface area (Å²) in [6.45, 7) is 4.79. The van der Waals surface area contributed by atoms with Gasteiger partial charge in [0.15, 0.2) is 0 Å². The molecule has 0 aliphatic carbocycles. The van der Waals surface area contributed by atoms with Crippen molar-refractivity contribution in [2.75, 3.05) is 26.3 Å². The monoisotopic (exact) mass is 379 g/mol. The summed E-state index contributed by atoms with van der Waals surface area (Å²) >= 11 is 0. The maximum atomic E-state index is 13.7. The average molecular weight is 379 g/mol. The van der Waals surface area contributed by atoms with E-state index in [9.17, 15) is 10.1 Å². The minimum Gasteiger partial charge on any atom is -0.381 e. The molecule has 0 unspecified atom stereocenters. The number of carbonyl (C=O) groups is 1. The lowest BCUT2D eigenvalue weighted by molar-refractivity contribution is -0.129. The van der Waals surface area contributed by atoms with E-state index in [0.717, 1.165) is 50.7 Å². The number of carbonyl (C=O) groups excluding carboxylic acids is 1. The standard InChI is InChI=1S/C21H25N5O2/c1-21(6-11-28-12-7-21)19(20(27)25-9-3-2-4-10-25)18(13-22)26-15-24-16-14-23-8-5-17(16)26/h5,8,14-15H,2-4,6-7,9-12H2,1H3/b19-18-. The lowest BCUT2D eigenvalue weighted by Crippen LogP contribution is -2.42. The minimum atomic E-state index is -0.401. The highest BCUT2D eigenvalue weighted by Gasteiger charge is 2.40. The van der Waals surface area contributed by atoms with Crippen LogP contribution < -0.4 is 0 Å². The SMILES string of the molecule is CC1(/C(C(=O)N2CCCCC2)=C(/C#N)n2cnc3cnccc32)CCOCC1. The molecule has 0 atom stereocenters. The highest BCUT2D eigenvalue weighted by atomic mass is 16.5. The van der Waals surface area contributed by atoms with Gasteiger partial charge < -0.3 is 9.64 Å². The second-order valence-corrected chi connectivity index (χ2v) is 7.84. The summed E-state index contributed by atoms with van der Waals surface area (Å²) in [5, 5.41) is 10.1. The van der Waals surface area contributed by atoms with Gasteiger partial charge in [-0.1, -0.05) is 6.92 Å². The van der Waals surface area contributed by atoms with E-state index in [-0.39, 0.29) is 5.91 Å². The first-order valence-corrected chi connectivity index (χ1v) is 9.93. The van der Waals surface area contributed by atoms with Gasteiger partial charge in [-0.25, -0.2) is 4.98 Å². The molecule has 2 aliphatic heterocycles. The highest BCUT2D eigenvalue weighted by molar-refractivity contribution is 6.03. The van der Waals surface area contributed by atoms with Crippen molar-refractivity contribution in [2.45, 2.75) is 39.0 Å². The Labute approximate surface area is 164 Å². The summed E-state index contributed by atoms with van der Waals surface area (Å²) in [7, 11) is 0. The van der Waals surface area contributed by atoms with Crippen LogP contribution in [-0.4, -0.2) is 51.6 Å². The Bertz CT molecular complexity index is 943. The van der Waals surface area contributed by atoms with Crippen LogP contribution in [0.3, 0.4) is 0 Å². The first-order chi connectivity index (χ1) is 13.6. The maximum absolute atomic E-state index is 13.7. The van der Waals surface area contributed by atoms with E-state index >= 15 is 0 Å². The van der Waals surface area contributed by atoms with Crippen molar-refractivity contribution < 1.29 is 9.53 Å². The van der Waals surface area contributed by atoms with Crippen molar-refractivity contribution in [1.29, 1.82) is 5.26 Å². The first kappa shape index (κ1) is 18.6. The summed E-state index contributed by atoms with van der Waals surface area (Å²) in [6.07, 6.45) is 9.60. The van der Waals surface area contributed by atoms with Crippen molar-refractivity contribution >= 4 is 22.6 Å². The second-order valence-electron chi connectivity index (χ2n) is 7.84. The molecule has 0 spiro atoms. The molecule has 2 aliphatic rings. The summed E-state index contributed by atoms with van der Waals surface area (Å²) in [6, 6.07) is 4.16. The van der Waals surface area contributed by atoms with E-state index in [2.05, 4.69) is 23.0 Å². The van der Waals surface area contributed by atoms with Crippen molar-refractivity contribution in [2.24, 2.45) is 5.41 Å². The van der Waals surface area contributed by atoms with Gasteiger partial charge in [-0.15, -0.1) is 0 Å². The number of pyridine rings is 1. The Hall–Kier alpha value is -2.72. The molecule has 0 aromatic carbocycles. The van der Waals surface area contributed by atoms with Crippen molar-refractivity contribution in [1.82, 2.24) is 19.4 Å². The molecule has 2 aromatic heterocycles. The topological polar surface area (TPSA) is 84.0 Å². The highest BCUT2D eigenvalue weighted by Crippen LogP contribution is 2.41. The predicted molar refractivity (Wildman–Crippen MR) is 105 cm³/mol. The molecule has 7 nitrogen and oxygen atoms in total. The van der Waals surface area contributed by atoms with Gasteiger partial charge in [-0.3, -0.25) is 14.3 Å². The number of fused-ring (bicyclic) bond motifs is 1. The number of ether oxygens (including phenoxy) is 1. The number of imidazole rings is 1. The van der Waals surface area contributed by atoms with E-state index < -0.39 is 5.41 Å². The zero-order valence-electron chi connectivity index (χ0n) is 16.2. The lowest BCUT2D eigenvalue weighted by Gasteiger charge is -2.38. The number of nitrogens with zero attached hydrogens (tertiary/aromatic N) is 5. The van der Waals surface area contributed by atoms with Crippen molar-refractivity contribution in [3.8, 4) is 6.07 Å².